The van der Waals surface area contributed by atoms with Crippen molar-refractivity contribution in [3.8, 4) is 5.75 Å². The Labute approximate surface area is 215 Å². The van der Waals surface area contributed by atoms with Crippen LogP contribution >= 0.6 is 12.4 Å². The number of hydrogen-bond donors (Lipinski definition) is 1. The summed E-state index contributed by atoms with van der Waals surface area (Å²) >= 11 is 0. The molecule has 3 aliphatic heterocycles. The molecule has 11 heteroatoms. The van der Waals surface area contributed by atoms with Gasteiger partial charge in [0, 0.05) is 45.3 Å². The molecule has 1 saturated heterocycles. The van der Waals surface area contributed by atoms with Crippen LogP contribution in [0.4, 0.5) is 0 Å². The summed E-state index contributed by atoms with van der Waals surface area (Å²) in [6, 6.07) is 4.66. The molecule has 1 aromatic carbocycles. The van der Waals surface area contributed by atoms with E-state index < -0.39 is 16.1 Å². The molecule has 3 aliphatic rings. The number of carbonyl (C=O) groups excluding carboxylic acids is 1. The molecule has 0 radical (unpaired) electrons. The van der Waals surface area contributed by atoms with Crippen molar-refractivity contribution in [2.75, 3.05) is 66.6 Å². The molecule has 1 fully saturated rings. The molecule has 0 saturated carbocycles. The summed E-state index contributed by atoms with van der Waals surface area (Å²) in [6.45, 7) is 9.33. The molecule has 0 aromatic heterocycles. The van der Waals surface area contributed by atoms with Gasteiger partial charge in [-0.2, -0.15) is 4.31 Å². The Balaban J connectivity index is 0.00000342. The van der Waals surface area contributed by atoms with Crippen molar-refractivity contribution < 1.29 is 17.9 Å². The summed E-state index contributed by atoms with van der Waals surface area (Å²) < 4.78 is 34.5. The maximum atomic E-state index is 13.5. The first-order valence-electron chi connectivity index (χ1n) is 12.2. The quantitative estimate of drug-likeness (QED) is 0.552. The highest BCUT2D eigenvalue weighted by Crippen LogP contribution is 2.39. The summed E-state index contributed by atoms with van der Waals surface area (Å²) in [5, 5.41) is 3.11. The lowest BCUT2D eigenvalue weighted by Crippen LogP contribution is -2.47. The zero-order valence-electron chi connectivity index (χ0n) is 21.1. The van der Waals surface area contributed by atoms with Crippen LogP contribution in [0.2, 0.25) is 0 Å². The van der Waals surface area contributed by atoms with E-state index in [0.717, 1.165) is 25.0 Å². The van der Waals surface area contributed by atoms with Crippen molar-refractivity contribution in [2.24, 2.45) is 0 Å². The van der Waals surface area contributed by atoms with Crippen LogP contribution in [0.3, 0.4) is 0 Å². The second kappa shape index (κ2) is 11.5. The van der Waals surface area contributed by atoms with Crippen LogP contribution in [0.5, 0.6) is 5.75 Å². The van der Waals surface area contributed by atoms with E-state index in [0.29, 0.717) is 63.0 Å². The number of nitrogens with one attached hydrogen (secondary N) is 1. The first-order chi connectivity index (χ1) is 16.3. The van der Waals surface area contributed by atoms with Crippen LogP contribution in [0.1, 0.15) is 38.3 Å². The third-order valence-corrected chi connectivity index (χ3v) is 8.62. The van der Waals surface area contributed by atoms with E-state index in [-0.39, 0.29) is 23.2 Å². The Morgan fingerprint density at radius 3 is 2.46 bits per heavy atom. The first kappa shape index (κ1) is 27.7. The number of ether oxygens (including phenoxy) is 1. The Morgan fingerprint density at radius 1 is 1.09 bits per heavy atom. The van der Waals surface area contributed by atoms with Gasteiger partial charge in [0.15, 0.2) is 0 Å². The van der Waals surface area contributed by atoms with Crippen molar-refractivity contribution in [1.82, 2.24) is 24.3 Å². The van der Waals surface area contributed by atoms with Gasteiger partial charge in [-0.05, 0) is 50.2 Å². The second-order valence-electron chi connectivity index (χ2n) is 9.43. The van der Waals surface area contributed by atoms with E-state index >= 15 is 0 Å². The number of benzene rings is 1. The van der Waals surface area contributed by atoms with Crippen molar-refractivity contribution >= 4 is 28.3 Å². The Hall–Kier alpha value is -1.85. The van der Waals surface area contributed by atoms with Gasteiger partial charge in [-0.3, -0.25) is 9.69 Å². The summed E-state index contributed by atoms with van der Waals surface area (Å²) in [5.74, 6) is 0.501. The fraction of sp³-hybridized carbons (Fsp3) is 0.625. The molecule has 1 atom stereocenters. The Morgan fingerprint density at radius 2 is 1.80 bits per heavy atom. The molecule has 0 aliphatic carbocycles. The summed E-state index contributed by atoms with van der Waals surface area (Å²) in [4.78, 5) is 19.6. The predicted molar refractivity (Wildman–Crippen MR) is 138 cm³/mol. The van der Waals surface area contributed by atoms with Gasteiger partial charge in [0.2, 0.25) is 10.0 Å². The topological polar surface area (TPSA) is 85.4 Å². The smallest absolute Gasteiger partial charge is 0.268 e. The minimum Gasteiger partial charge on any atom is -0.493 e. The third kappa shape index (κ3) is 5.61. The van der Waals surface area contributed by atoms with Crippen LogP contribution < -0.4 is 10.1 Å². The van der Waals surface area contributed by atoms with Gasteiger partial charge in [-0.25, -0.2) is 8.42 Å². The standard InChI is InChI=1S/C24H37N5O4S.ClH/c1-5-9-28-16-20-22(25-24(30)23(20)27(4)17-28)19-15-18(7-8-21(19)33-14-6-2)34(31,32)29-12-10-26(3)11-13-29;/h7-8,15,22H,5-6,9-14,16-17H2,1-4H3,(H,25,30);1H. The Kier molecular flexibility index (Phi) is 9.09. The lowest BCUT2D eigenvalue weighted by atomic mass is 9.97. The maximum absolute atomic E-state index is 13.5. The fourth-order valence-electron chi connectivity index (χ4n) is 4.98. The van der Waals surface area contributed by atoms with Crippen LogP contribution in [0.15, 0.2) is 34.4 Å². The number of hydrogen-bond acceptors (Lipinski definition) is 7. The van der Waals surface area contributed by atoms with Crippen LogP contribution in [-0.2, 0) is 14.8 Å². The monoisotopic (exact) mass is 527 g/mol. The first-order valence-corrected chi connectivity index (χ1v) is 13.6. The minimum absolute atomic E-state index is 0. The van der Waals surface area contributed by atoms with E-state index in [1.165, 1.54) is 0 Å². The highest BCUT2D eigenvalue weighted by Gasteiger charge is 2.40. The van der Waals surface area contributed by atoms with Crippen LogP contribution in [-0.4, -0.2) is 100.0 Å². The molecule has 196 valence electrons. The molecule has 1 unspecified atom stereocenters. The van der Waals surface area contributed by atoms with E-state index in [4.69, 9.17) is 4.74 Å². The van der Waals surface area contributed by atoms with Gasteiger partial charge in [0.1, 0.15) is 11.4 Å². The molecule has 3 heterocycles. The number of likely N-dealkylation sites (N-methyl/N-ethyl adjacent to an activating group) is 2. The van der Waals surface area contributed by atoms with Gasteiger partial charge >= 0.3 is 0 Å². The van der Waals surface area contributed by atoms with Gasteiger partial charge in [-0.15, -0.1) is 12.4 Å². The molecule has 1 amide bonds. The van der Waals surface area contributed by atoms with Crippen molar-refractivity contribution in [1.29, 1.82) is 0 Å². The molecule has 0 bridgehead atoms. The highest BCUT2D eigenvalue weighted by atomic mass is 35.5. The van der Waals surface area contributed by atoms with E-state index in [1.807, 2.05) is 25.9 Å². The number of halogens is 1. The largest absolute Gasteiger partial charge is 0.493 e. The number of sulfonamides is 1. The van der Waals surface area contributed by atoms with Crippen molar-refractivity contribution in [2.45, 2.75) is 37.6 Å². The normalized spacial score (nSPS) is 22.1. The highest BCUT2D eigenvalue weighted by molar-refractivity contribution is 7.89. The molecule has 35 heavy (non-hydrogen) atoms. The molecule has 0 spiro atoms. The van der Waals surface area contributed by atoms with Crippen LogP contribution in [0, 0.1) is 0 Å². The summed E-state index contributed by atoms with van der Waals surface area (Å²) in [5.41, 5.74) is 2.36. The van der Waals surface area contributed by atoms with Gasteiger partial charge < -0.3 is 19.9 Å². The van der Waals surface area contributed by atoms with Gasteiger partial charge in [0.05, 0.1) is 24.2 Å². The van der Waals surface area contributed by atoms with Crippen molar-refractivity contribution in [3.63, 3.8) is 0 Å². The average molecular weight is 528 g/mol. The number of amides is 1. The lowest BCUT2D eigenvalue weighted by Gasteiger charge is -2.35. The molecule has 4 rings (SSSR count). The predicted octanol–water partition coefficient (Wildman–Crippen LogP) is 1.87. The fourth-order valence-corrected chi connectivity index (χ4v) is 6.44. The lowest BCUT2D eigenvalue weighted by molar-refractivity contribution is -0.118. The van der Waals surface area contributed by atoms with E-state index in [1.54, 1.807) is 22.5 Å². The zero-order valence-corrected chi connectivity index (χ0v) is 22.8. The summed E-state index contributed by atoms with van der Waals surface area (Å²) in [7, 11) is 0.285. The molecule has 1 N–H and O–H groups in total. The number of carbonyl (C=O) groups is 1. The molecule has 9 nitrogen and oxygen atoms in total. The van der Waals surface area contributed by atoms with E-state index in [2.05, 4.69) is 22.0 Å². The van der Waals surface area contributed by atoms with Crippen molar-refractivity contribution in [3.05, 3.63) is 35.0 Å². The molecule has 1 aromatic rings. The SMILES string of the molecule is CCCOc1ccc(S(=O)(=O)N2CCN(C)CC2)cc1C1NC(=O)C2=C1CN(CCC)CN2C.Cl. The maximum Gasteiger partial charge on any atom is 0.268 e. The summed E-state index contributed by atoms with van der Waals surface area (Å²) in [6.07, 6.45) is 1.85. The zero-order chi connectivity index (χ0) is 24.5. The number of piperazine rings is 1. The molecular weight excluding hydrogens is 490 g/mol. The van der Waals surface area contributed by atoms with Crippen LogP contribution in [0.25, 0.3) is 0 Å². The number of nitrogens with zero attached hydrogens (tertiary/aromatic N) is 4. The minimum atomic E-state index is -3.65. The average Bonchev–Trinajstić information content (AvgIpc) is 3.14. The van der Waals surface area contributed by atoms with E-state index in [9.17, 15) is 13.2 Å². The van der Waals surface area contributed by atoms with Gasteiger partial charge in [0.25, 0.3) is 5.91 Å². The Bertz CT molecular complexity index is 1060. The third-order valence-electron chi connectivity index (χ3n) is 6.72. The molecular formula is C24H38ClN5O4S. The number of rotatable bonds is 8. The van der Waals surface area contributed by atoms with Gasteiger partial charge in [-0.1, -0.05) is 13.8 Å². The second-order valence-corrected chi connectivity index (χ2v) is 11.4.